The van der Waals surface area contributed by atoms with Gasteiger partial charge in [0.2, 0.25) is 0 Å². The number of nitrogens with zero attached hydrogens (tertiary/aromatic N) is 1. The molecule has 0 bridgehead atoms. The lowest BCUT2D eigenvalue weighted by atomic mass is 9.76. The van der Waals surface area contributed by atoms with E-state index in [9.17, 15) is 10.2 Å². The summed E-state index contributed by atoms with van der Waals surface area (Å²) in [6, 6.07) is 6.01. The van der Waals surface area contributed by atoms with E-state index in [0.717, 1.165) is 44.0 Å². The first-order valence-electron chi connectivity index (χ1n) is 8.85. The Morgan fingerprint density at radius 1 is 1.20 bits per heavy atom. The molecule has 1 aromatic carbocycles. The highest BCUT2D eigenvalue weighted by Crippen LogP contribution is 2.40. The third-order valence-corrected chi connectivity index (χ3v) is 5.57. The van der Waals surface area contributed by atoms with Gasteiger partial charge in [0.25, 0.3) is 0 Å². The van der Waals surface area contributed by atoms with E-state index in [2.05, 4.69) is 11.0 Å². The van der Waals surface area contributed by atoms with E-state index in [1.54, 1.807) is 21.1 Å². The summed E-state index contributed by atoms with van der Waals surface area (Å²) < 4.78 is 16.6. The van der Waals surface area contributed by atoms with Gasteiger partial charge in [-0.2, -0.15) is 0 Å². The van der Waals surface area contributed by atoms with Crippen LogP contribution in [-0.2, 0) is 11.3 Å². The van der Waals surface area contributed by atoms with Crippen molar-refractivity contribution in [1.29, 1.82) is 0 Å². The summed E-state index contributed by atoms with van der Waals surface area (Å²) in [5, 5.41) is 20.3. The molecule has 2 fully saturated rings. The highest BCUT2D eigenvalue weighted by Gasteiger charge is 2.48. The van der Waals surface area contributed by atoms with Gasteiger partial charge in [0, 0.05) is 26.1 Å². The second-order valence-electron chi connectivity index (χ2n) is 7.51. The quantitative estimate of drug-likeness (QED) is 0.858. The van der Waals surface area contributed by atoms with Crippen LogP contribution in [0.15, 0.2) is 18.2 Å². The van der Waals surface area contributed by atoms with Gasteiger partial charge in [-0.05, 0) is 37.5 Å². The number of aliphatic hydroxyl groups is 2. The highest BCUT2D eigenvalue weighted by molar-refractivity contribution is 5.42. The third kappa shape index (κ3) is 3.92. The molecule has 2 aliphatic rings. The number of rotatable bonds is 4. The first-order valence-corrected chi connectivity index (χ1v) is 8.85. The molecule has 6 heteroatoms. The van der Waals surface area contributed by atoms with E-state index in [1.165, 1.54) is 5.56 Å². The van der Waals surface area contributed by atoms with Gasteiger partial charge in [-0.1, -0.05) is 6.07 Å². The summed E-state index contributed by atoms with van der Waals surface area (Å²) in [4.78, 5) is 2.38. The number of methoxy groups -OCH3 is 2. The largest absolute Gasteiger partial charge is 0.493 e. The van der Waals surface area contributed by atoms with Gasteiger partial charge in [0.1, 0.15) is 6.10 Å². The number of ether oxygens (including phenoxy) is 3. The standard InChI is InChI=1S/C19H29NO5/c1-18(22)13-19(25-12-17(18)21)6-8-20(9-7-19)11-14-4-5-15(23-2)16(10-14)24-3/h4-5,10,17,21-22H,6-9,11-13H2,1-3H3/t17-,18-/m0/s1. The van der Waals surface area contributed by atoms with E-state index in [0.29, 0.717) is 6.42 Å². The van der Waals surface area contributed by atoms with Crippen LogP contribution in [0.25, 0.3) is 0 Å². The molecule has 1 aromatic rings. The fourth-order valence-electron chi connectivity index (χ4n) is 3.93. The Labute approximate surface area is 149 Å². The number of benzene rings is 1. The minimum atomic E-state index is -1.07. The van der Waals surface area contributed by atoms with Crippen molar-refractivity contribution < 1.29 is 24.4 Å². The third-order valence-electron chi connectivity index (χ3n) is 5.57. The molecule has 2 heterocycles. The van der Waals surface area contributed by atoms with Crippen molar-refractivity contribution in [3.63, 3.8) is 0 Å². The van der Waals surface area contributed by atoms with Crippen LogP contribution in [0.3, 0.4) is 0 Å². The van der Waals surface area contributed by atoms with E-state index in [-0.39, 0.29) is 12.2 Å². The van der Waals surface area contributed by atoms with Gasteiger partial charge in [0.15, 0.2) is 11.5 Å². The van der Waals surface area contributed by atoms with Crippen LogP contribution >= 0.6 is 0 Å². The van der Waals surface area contributed by atoms with Gasteiger partial charge >= 0.3 is 0 Å². The summed E-state index contributed by atoms with van der Waals surface area (Å²) in [6.45, 7) is 4.57. The summed E-state index contributed by atoms with van der Waals surface area (Å²) >= 11 is 0. The minimum absolute atomic E-state index is 0.211. The molecule has 0 unspecified atom stereocenters. The molecule has 2 N–H and O–H groups in total. The SMILES string of the molecule is COc1ccc(CN2CCC3(CC2)C[C@](C)(O)[C@@H](O)CO3)cc1OC. The molecular weight excluding hydrogens is 322 g/mol. The van der Waals surface area contributed by atoms with Crippen LogP contribution in [0.5, 0.6) is 11.5 Å². The molecule has 1 spiro atoms. The maximum atomic E-state index is 10.4. The van der Waals surface area contributed by atoms with E-state index >= 15 is 0 Å². The van der Waals surface area contributed by atoms with Crippen LogP contribution in [0, 0.1) is 0 Å². The Kier molecular flexibility index (Phi) is 5.25. The molecule has 2 aliphatic heterocycles. The molecular formula is C19H29NO5. The van der Waals surface area contributed by atoms with Crippen molar-refractivity contribution in [2.75, 3.05) is 33.9 Å². The number of hydrogen-bond donors (Lipinski definition) is 2. The fourth-order valence-corrected chi connectivity index (χ4v) is 3.93. The summed E-state index contributed by atoms with van der Waals surface area (Å²) in [5.74, 6) is 1.48. The van der Waals surface area contributed by atoms with Crippen LogP contribution in [0.4, 0.5) is 0 Å². The number of hydrogen-bond acceptors (Lipinski definition) is 6. The molecule has 2 saturated heterocycles. The van der Waals surface area contributed by atoms with Crippen molar-refractivity contribution in [3.05, 3.63) is 23.8 Å². The summed E-state index contributed by atoms with van der Waals surface area (Å²) in [5.41, 5.74) is -0.193. The lowest BCUT2D eigenvalue weighted by Crippen LogP contribution is -2.59. The predicted octanol–water partition coefficient (Wildman–Crippen LogP) is 1.57. The Hall–Kier alpha value is -1.34. The smallest absolute Gasteiger partial charge is 0.161 e. The van der Waals surface area contributed by atoms with Gasteiger partial charge in [-0.15, -0.1) is 0 Å². The van der Waals surface area contributed by atoms with Crippen molar-refractivity contribution in [3.8, 4) is 11.5 Å². The normalized spacial score (nSPS) is 29.6. The molecule has 3 rings (SSSR count). The Balaban J connectivity index is 1.60. The van der Waals surface area contributed by atoms with E-state index < -0.39 is 11.7 Å². The Bertz CT molecular complexity index is 595. The molecule has 140 valence electrons. The highest BCUT2D eigenvalue weighted by atomic mass is 16.5. The molecule has 0 saturated carbocycles. The van der Waals surface area contributed by atoms with Gasteiger partial charge in [0.05, 0.1) is 32.0 Å². The average molecular weight is 351 g/mol. The number of piperidine rings is 1. The lowest BCUT2D eigenvalue weighted by molar-refractivity contribution is -0.223. The van der Waals surface area contributed by atoms with Crippen molar-refractivity contribution in [2.45, 2.75) is 50.0 Å². The molecule has 0 amide bonds. The van der Waals surface area contributed by atoms with Gasteiger partial charge in [-0.3, -0.25) is 4.90 Å². The van der Waals surface area contributed by atoms with Crippen molar-refractivity contribution in [2.24, 2.45) is 0 Å². The fraction of sp³-hybridized carbons (Fsp3) is 0.684. The summed E-state index contributed by atoms with van der Waals surface area (Å²) in [6.07, 6.45) is 1.42. The maximum Gasteiger partial charge on any atom is 0.161 e. The maximum absolute atomic E-state index is 10.4. The van der Waals surface area contributed by atoms with Crippen molar-refractivity contribution >= 4 is 0 Å². The van der Waals surface area contributed by atoms with Crippen molar-refractivity contribution in [1.82, 2.24) is 4.90 Å². The molecule has 0 aliphatic carbocycles. The van der Waals surface area contributed by atoms with Gasteiger partial charge < -0.3 is 24.4 Å². The number of likely N-dealkylation sites (tertiary alicyclic amines) is 1. The minimum Gasteiger partial charge on any atom is -0.493 e. The van der Waals surface area contributed by atoms with Crippen LogP contribution < -0.4 is 9.47 Å². The van der Waals surface area contributed by atoms with Crippen LogP contribution in [0.1, 0.15) is 31.7 Å². The second kappa shape index (κ2) is 7.11. The molecule has 0 radical (unpaired) electrons. The van der Waals surface area contributed by atoms with E-state index in [1.807, 2.05) is 12.1 Å². The number of aliphatic hydroxyl groups excluding tert-OH is 1. The summed E-state index contributed by atoms with van der Waals surface area (Å²) in [7, 11) is 3.28. The molecule has 0 aromatic heterocycles. The molecule has 2 atom stereocenters. The Morgan fingerprint density at radius 3 is 2.48 bits per heavy atom. The monoisotopic (exact) mass is 351 g/mol. The topological polar surface area (TPSA) is 71.4 Å². The second-order valence-corrected chi connectivity index (χ2v) is 7.51. The first-order chi connectivity index (χ1) is 11.9. The molecule has 25 heavy (non-hydrogen) atoms. The zero-order valence-corrected chi connectivity index (χ0v) is 15.3. The Morgan fingerprint density at radius 2 is 1.88 bits per heavy atom. The van der Waals surface area contributed by atoms with E-state index in [4.69, 9.17) is 14.2 Å². The first kappa shape index (κ1) is 18.5. The predicted molar refractivity (Wildman–Crippen MR) is 94.0 cm³/mol. The molecule has 6 nitrogen and oxygen atoms in total. The average Bonchev–Trinajstić information content (AvgIpc) is 2.60. The lowest BCUT2D eigenvalue weighted by Gasteiger charge is -2.50. The van der Waals surface area contributed by atoms with Gasteiger partial charge in [-0.25, -0.2) is 0 Å². The zero-order valence-electron chi connectivity index (χ0n) is 15.3. The van der Waals surface area contributed by atoms with Crippen LogP contribution in [0.2, 0.25) is 0 Å². The zero-order chi connectivity index (χ0) is 18.1. The van der Waals surface area contributed by atoms with Crippen LogP contribution in [-0.4, -0.2) is 66.3 Å².